The zero-order valence-corrected chi connectivity index (χ0v) is 13.6. The number of aromatic hydroxyl groups is 1. The minimum Gasteiger partial charge on any atom is -0.507 e. The van der Waals surface area contributed by atoms with Crippen LogP contribution in [0.2, 0.25) is 0 Å². The summed E-state index contributed by atoms with van der Waals surface area (Å²) >= 11 is 4.83. The van der Waals surface area contributed by atoms with Gasteiger partial charge in [0.2, 0.25) is 0 Å². The van der Waals surface area contributed by atoms with E-state index in [1.165, 1.54) is 6.07 Å². The summed E-state index contributed by atoms with van der Waals surface area (Å²) in [6.07, 6.45) is 0. The molecule has 0 radical (unpaired) electrons. The van der Waals surface area contributed by atoms with E-state index in [2.05, 4.69) is 40.1 Å². The molecule has 0 spiro atoms. The number of rotatable bonds is 4. The average Bonchev–Trinajstić information content (AvgIpc) is 2.85. The maximum atomic E-state index is 12.0. The third-order valence-electron chi connectivity index (χ3n) is 2.70. The van der Waals surface area contributed by atoms with Gasteiger partial charge in [-0.1, -0.05) is 29.8 Å². The fourth-order valence-electron chi connectivity index (χ4n) is 1.63. The van der Waals surface area contributed by atoms with Crippen LogP contribution in [-0.2, 0) is 6.54 Å². The maximum Gasteiger partial charge on any atom is 0.255 e. The van der Waals surface area contributed by atoms with Crippen LogP contribution >= 0.6 is 27.3 Å². The number of nitrogens with zero attached hydrogens (tertiary/aromatic N) is 1. The van der Waals surface area contributed by atoms with Crippen LogP contribution in [-0.4, -0.2) is 16.0 Å². The number of phenols is 1. The molecule has 0 fully saturated rings. The number of carbonyl (C=O) groups excluding carboxylic acids is 1. The number of carbonyl (C=O) groups is 1. The number of hydrogen-bond acceptors (Lipinski definition) is 4. The Morgan fingerprint density at radius 2 is 2.25 bits per heavy atom. The molecule has 0 saturated heterocycles. The molecular weight excluding hydrogens is 340 g/mol. The molecule has 0 atom stereocenters. The first-order valence-corrected chi connectivity index (χ1v) is 7.85. The van der Waals surface area contributed by atoms with Crippen molar-refractivity contribution < 1.29 is 9.90 Å². The Balaban J connectivity index is 2.01. The molecule has 4 nitrogen and oxygen atoms in total. The zero-order valence-electron chi connectivity index (χ0n) is 11.2. The number of nitrogens with one attached hydrogen (secondary N) is 1. The number of phenolic OH excluding ortho intramolecular Hbond substituents is 1. The normalized spacial score (nSPS) is 10.8. The van der Waals surface area contributed by atoms with E-state index >= 15 is 0 Å². The number of aromatic nitrogens is 1. The van der Waals surface area contributed by atoms with Crippen LogP contribution in [0.15, 0.2) is 28.1 Å². The Kier molecular flexibility index (Phi) is 4.77. The SMILES string of the molecule is CC(C)c1nc(CNC(=O)c2ccc(Br)cc2O)cs1. The molecule has 2 N–H and O–H groups in total. The lowest BCUT2D eigenvalue weighted by Gasteiger charge is -2.06. The van der Waals surface area contributed by atoms with Crippen molar-refractivity contribution in [2.75, 3.05) is 0 Å². The van der Waals surface area contributed by atoms with Crippen molar-refractivity contribution >= 4 is 33.2 Å². The number of benzene rings is 1. The molecule has 6 heteroatoms. The van der Waals surface area contributed by atoms with Gasteiger partial charge in [0.1, 0.15) is 5.75 Å². The Hall–Kier alpha value is -1.40. The summed E-state index contributed by atoms with van der Waals surface area (Å²) in [5.74, 6) is 0.0343. The van der Waals surface area contributed by atoms with Gasteiger partial charge in [-0.3, -0.25) is 4.79 Å². The standard InChI is InChI=1S/C14H15BrN2O2S/c1-8(2)14-17-10(7-20-14)6-16-13(19)11-4-3-9(15)5-12(11)18/h3-5,7-8,18H,6H2,1-2H3,(H,16,19). The molecule has 0 saturated carbocycles. The molecule has 0 aliphatic heterocycles. The monoisotopic (exact) mass is 354 g/mol. The van der Waals surface area contributed by atoms with E-state index in [4.69, 9.17) is 0 Å². The Morgan fingerprint density at radius 3 is 2.85 bits per heavy atom. The van der Waals surface area contributed by atoms with Crippen molar-refractivity contribution in [3.63, 3.8) is 0 Å². The van der Waals surface area contributed by atoms with E-state index < -0.39 is 0 Å². The van der Waals surface area contributed by atoms with Gasteiger partial charge >= 0.3 is 0 Å². The van der Waals surface area contributed by atoms with Gasteiger partial charge in [-0.2, -0.15) is 0 Å². The third-order valence-corrected chi connectivity index (χ3v) is 4.39. The van der Waals surface area contributed by atoms with Crippen LogP contribution < -0.4 is 5.32 Å². The van der Waals surface area contributed by atoms with E-state index in [-0.39, 0.29) is 17.2 Å². The number of amides is 1. The lowest BCUT2D eigenvalue weighted by molar-refractivity contribution is 0.0948. The van der Waals surface area contributed by atoms with E-state index in [0.717, 1.165) is 15.2 Å². The second-order valence-electron chi connectivity index (χ2n) is 4.68. The molecule has 0 aliphatic rings. The van der Waals surface area contributed by atoms with Gasteiger partial charge in [-0.25, -0.2) is 4.98 Å². The summed E-state index contributed by atoms with van der Waals surface area (Å²) in [5.41, 5.74) is 1.09. The van der Waals surface area contributed by atoms with Crippen LogP contribution in [0.25, 0.3) is 0 Å². The van der Waals surface area contributed by atoms with Crippen molar-refractivity contribution in [1.82, 2.24) is 10.3 Å². The maximum absolute atomic E-state index is 12.0. The van der Waals surface area contributed by atoms with Gasteiger partial charge in [0.15, 0.2) is 0 Å². The lowest BCUT2D eigenvalue weighted by atomic mass is 10.2. The van der Waals surface area contributed by atoms with Crippen LogP contribution in [0.5, 0.6) is 5.75 Å². The van der Waals surface area contributed by atoms with Gasteiger partial charge < -0.3 is 10.4 Å². The second-order valence-corrected chi connectivity index (χ2v) is 6.48. The van der Waals surface area contributed by atoms with Gasteiger partial charge in [0.25, 0.3) is 5.91 Å². The molecule has 2 aromatic rings. The zero-order chi connectivity index (χ0) is 14.7. The van der Waals surface area contributed by atoms with Crippen molar-refractivity contribution in [1.29, 1.82) is 0 Å². The molecule has 1 amide bonds. The minimum atomic E-state index is -0.311. The third kappa shape index (κ3) is 3.58. The molecular formula is C14H15BrN2O2S. The molecule has 1 heterocycles. The molecule has 2 rings (SSSR count). The van der Waals surface area contributed by atoms with Gasteiger partial charge in [0, 0.05) is 15.8 Å². The minimum absolute atomic E-state index is 0.0435. The summed E-state index contributed by atoms with van der Waals surface area (Å²) in [6.45, 7) is 4.53. The highest BCUT2D eigenvalue weighted by atomic mass is 79.9. The summed E-state index contributed by atoms with van der Waals surface area (Å²) in [6, 6.07) is 4.79. The lowest BCUT2D eigenvalue weighted by Crippen LogP contribution is -2.23. The number of hydrogen-bond donors (Lipinski definition) is 2. The Labute approximate surface area is 130 Å². The fourth-order valence-corrected chi connectivity index (χ4v) is 2.82. The number of thiazole rings is 1. The molecule has 1 aromatic heterocycles. The molecule has 0 aliphatic carbocycles. The molecule has 20 heavy (non-hydrogen) atoms. The number of halogens is 1. The molecule has 0 bridgehead atoms. The smallest absolute Gasteiger partial charge is 0.255 e. The molecule has 0 unspecified atom stereocenters. The van der Waals surface area contributed by atoms with E-state index in [0.29, 0.717) is 12.5 Å². The largest absolute Gasteiger partial charge is 0.507 e. The van der Waals surface area contributed by atoms with Crippen LogP contribution in [0.1, 0.15) is 40.8 Å². The first-order valence-electron chi connectivity index (χ1n) is 6.18. The highest BCUT2D eigenvalue weighted by Gasteiger charge is 2.12. The van der Waals surface area contributed by atoms with Gasteiger partial charge in [-0.15, -0.1) is 11.3 Å². The molecule has 1 aromatic carbocycles. The summed E-state index contributed by atoms with van der Waals surface area (Å²) < 4.78 is 0.729. The van der Waals surface area contributed by atoms with E-state index in [9.17, 15) is 9.90 Å². The first kappa shape index (κ1) is 15.0. The van der Waals surface area contributed by atoms with Crippen molar-refractivity contribution in [2.24, 2.45) is 0 Å². The second kappa shape index (κ2) is 6.37. The highest BCUT2D eigenvalue weighted by Crippen LogP contribution is 2.22. The van der Waals surface area contributed by atoms with Gasteiger partial charge in [-0.05, 0) is 18.2 Å². The first-order chi connectivity index (χ1) is 9.47. The van der Waals surface area contributed by atoms with Gasteiger partial charge in [0.05, 0.1) is 22.8 Å². The summed E-state index contributed by atoms with van der Waals surface area (Å²) in [5, 5.41) is 15.5. The van der Waals surface area contributed by atoms with Crippen molar-refractivity contribution in [2.45, 2.75) is 26.3 Å². The summed E-state index contributed by atoms with van der Waals surface area (Å²) in [7, 11) is 0. The van der Waals surface area contributed by atoms with E-state index in [1.54, 1.807) is 23.5 Å². The van der Waals surface area contributed by atoms with Crippen LogP contribution in [0.3, 0.4) is 0 Å². The fraction of sp³-hybridized carbons (Fsp3) is 0.286. The summed E-state index contributed by atoms with van der Waals surface area (Å²) in [4.78, 5) is 16.4. The quantitative estimate of drug-likeness (QED) is 0.880. The Bertz CT molecular complexity index is 625. The predicted octanol–water partition coefficient (Wildman–Crippen LogP) is 3.66. The van der Waals surface area contributed by atoms with E-state index in [1.807, 2.05) is 5.38 Å². The van der Waals surface area contributed by atoms with Crippen molar-refractivity contribution in [3.05, 3.63) is 44.3 Å². The highest BCUT2D eigenvalue weighted by molar-refractivity contribution is 9.10. The topological polar surface area (TPSA) is 62.2 Å². The van der Waals surface area contributed by atoms with Crippen molar-refractivity contribution in [3.8, 4) is 5.75 Å². The molecule has 106 valence electrons. The Morgan fingerprint density at radius 1 is 1.50 bits per heavy atom. The van der Waals surface area contributed by atoms with Crippen LogP contribution in [0.4, 0.5) is 0 Å². The average molecular weight is 355 g/mol. The predicted molar refractivity (Wildman–Crippen MR) is 83.2 cm³/mol. The van der Waals surface area contributed by atoms with Crippen LogP contribution in [0, 0.1) is 0 Å².